The van der Waals surface area contributed by atoms with Gasteiger partial charge in [0, 0.05) is 30.6 Å². The Bertz CT molecular complexity index is 1180. The summed E-state index contributed by atoms with van der Waals surface area (Å²) in [5.74, 6) is -0.953. The minimum absolute atomic E-state index is 0.0640. The molecule has 4 rings (SSSR count). The number of aryl methyl sites for hydroxylation is 1. The Morgan fingerprint density at radius 1 is 0.971 bits per heavy atom. The zero-order chi connectivity index (χ0) is 23.9. The van der Waals surface area contributed by atoms with Gasteiger partial charge in [0.2, 0.25) is 11.8 Å². The van der Waals surface area contributed by atoms with Crippen molar-refractivity contribution in [1.29, 1.82) is 0 Å². The lowest BCUT2D eigenvalue weighted by atomic mass is 9.96. The van der Waals surface area contributed by atoms with E-state index in [9.17, 15) is 14.4 Å². The molecule has 0 atom stereocenters. The average Bonchev–Trinajstić information content (AvgIpc) is 3.28. The van der Waals surface area contributed by atoms with Crippen LogP contribution in [-0.4, -0.2) is 40.7 Å². The van der Waals surface area contributed by atoms with E-state index in [1.807, 2.05) is 60.7 Å². The number of nitrogens with one attached hydrogen (secondary N) is 2. The van der Waals surface area contributed by atoms with Gasteiger partial charge in [-0.15, -0.1) is 11.3 Å². The summed E-state index contributed by atoms with van der Waals surface area (Å²) in [6.07, 6.45) is 4.45. The highest BCUT2D eigenvalue weighted by Gasteiger charge is 2.27. The quantitative estimate of drug-likeness (QED) is 0.434. The van der Waals surface area contributed by atoms with E-state index in [1.54, 1.807) is 24.0 Å². The highest BCUT2D eigenvalue weighted by atomic mass is 32.1. The monoisotopic (exact) mass is 474 g/mol. The number of nitrogens with zero attached hydrogens (tertiary/aromatic N) is 2. The number of hydrogen-bond donors (Lipinski definition) is 2. The normalized spacial score (nSPS) is 14.2. The van der Waals surface area contributed by atoms with Gasteiger partial charge in [-0.05, 0) is 31.4 Å². The lowest BCUT2D eigenvalue weighted by Crippen LogP contribution is -2.48. The maximum Gasteiger partial charge on any atom is 0.281 e. The first-order valence-corrected chi connectivity index (χ1v) is 12.0. The van der Waals surface area contributed by atoms with E-state index in [4.69, 9.17) is 0 Å². The SMILES string of the molecule is Cc1nc(-c2ccccc2)sc1C(=O)NNC(=O)C1CCN(C(=O)C=Cc2ccccc2)CC1. The molecule has 3 amide bonds. The summed E-state index contributed by atoms with van der Waals surface area (Å²) in [7, 11) is 0. The third-order valence-corrected chi connectivity index (χ3v) is 6.92. The molecule has 0 aliphatic carbocycles. The van der Waals surface area contributed by atoms with Crippen molar-refractivity contribution in [3.8, 4) is 10.6 Å². The Morgan fingerprint density at radius 3 is 2.29 bits per heavy atom. The van der Waals surface area contributed by atoms with Gasteiger partial charge in [-0.1, -0.05) is 60.7 Å². The minimum atomic E-state index is -0.385. The number of carbonyl (C=O) groups excluding carboxylic acids is 3. The number of hydrogen-bond acceptors (Lipinski definition) is 5. The standard InChI is InChI=1S/C26H26N4O3S/c1-18-23(34-26(27-18)21-10-6-3-7-11-21)25(33)29-28-24(32)20-14-16-30(17-15-20)22(31)13-12-19-8-4-2-5-9-19/h2-13,20H,14-17H2,1H3,(H,28,32)(H,29,33). The molecule has 34 heavy (non-hydrogen) atoms. The number of amides is 3. The number of piperidine rings is 1. The number of benzene rings is 2. The summed E-state index contributed by atoms with van der Waals surface area (Å²) in [4.78, 5) is 44.3. The fourth-order valence-electron chi connectivity index (χ4n) is 3.79. The van der Waals surface area contributed by atoms with Gasteiger partial charge < -0.3 is 4.90 Å². The van der Waals surface area contributed by atoms with E-state index in [0.717, 1.165) is 16.1 Å². The fraction of sp³-hybridized carbons (Fsp3) is 0.231. The summed E-state index contributed by atoms with van der Waals surface area (Å²) < 4.78 is 0. The molecule has 1 aliphatic rings. The predicted octanol–water partition coefficient (Wildman–Crippen LogP) is 3.83. The van der Waals surface area contributed by atoms with Crippen molar-refractivity contribution in [3.05, 3.63) is 82.9 Å². The first kappa shape index (κ1) is 23.4. The van der Waals surface area contributed by atoms with Gasteiger partial charge in [-0.25, -0.2) is 4.98 Å². The molecule has 1 fully saturated rings. The number of hydrazine groups is 1. The zero-order valence-corrected chi connectivity index (χ0v) is 19.7. The molecule has 0 unspecified atom stereocenters. The Hall–Kier alpha value is -3.78. The third-order valence-electron chi connectivity index (χ3n) is 5.72. The van der Waals surface area contributed by atoms with Crippen LogP contribution in [0.25, 0.3) is 16.6 Å². The van der Waals surface area contributed by atoms with E-state index < -0.39 is 0 Å². The lowest BCUT2D eigenvalue weighted by molar-refractivity contribution is -0.132. The summed E-state index contributed by atoms with van der Waals surface area (Å²) >= 11 is 1.29. The van der Waals surface area contributed by atoms with Crippen LogP contribution >= 0.6 is 11.3 Å². The Balaban J connectivity index is 1.25. The number of thiazole rings is 1. The van der Waals surface area contributed by atoms with Gasteiger partial charge in [0.15, 0.2) is 0 Å². The molecule has 0 saturated carbocycles. The molecule has 3 aromatic rings. The van der Waals surface area contributed by atoms with Gasteiger partial charge in [0.25, 0.3) is 5.91 Å². The molecule has 2 heterocycles. The second-order valence-corrected chi connectivity index (χ2v) is 9.09. The molecule has 0 bridgehead atoms. The summed E-state index contributed by atoms with van der Waals surface area (Å²) in [5, 5.41) is 0.757. The molecule has 0 radical (unpaired) electrons. The Morgan fingerprint density at radius 2 is 1.62 bits per heavy atom. The van der Waals surface area contributed by atoms with Crippen LogP contribution in [0.4, 0.5) is 0 Å². The minimum Gasteiger partial charge on any atom is -0.339 e. The van der Waals surface area contributed by atoms with E-state index in [2.05, 4.69) is 15.8 Å². The third kappa shape index (κ3) is 5.77. The second kappa shape index (κ2) is 10.9. The van der Waals surface area contributed by atoms with Crippen LogP contribution in [0.5, 0.6) is 0 Å². The molecule has 0 spiro atoms. The fourth-order valence-corrected chi connectivity index (χ4v) is 4.75. The highest BCUT2D eigenvalue weighted by Crippen LogP contribution is 2.27. The molecule has 2 aromatic carbocycles. The molecule has 7 nitrogen and oxygen atoms in total. The molecule has 8 heteroatoms. The highest BCUT2D eigenvalue weighted by molar-refractivity contribution is 7.17. The van der Waals surface area contributed by atoms with Crippen molar-refractivity contribution < 1.29 is 14.4 Å². The second-order valence-electron chi connectivity index (χ2n) is 8.09. The summed E-state index contributed by atoms with van der Waals surface area (Å²) in [6, 6.07) is 19.3. The topological polar surface area (TPSA) is 91.4 Å². The van der Waals surface area contributed by atoms with Gasteiger partial charge in [-0.3, -0.25) is 25.2 Å². The van der Waals surface area contributed by atoms with Crippen LogP contribution in [0.1, 0.15) is 33.8 Å². The Kier molecular flexibility index (Phi) is 7.49. The molecule has 1 saturated heterocycles. The summed E-state index contributed by atoms with van der Waals surface area (Å²) in [5.41, 5.74) is 7.58. The van der Waals surface area contributed by atoms with Gasteiger partial charge in [0.1, 0.15) is 9.88 Å². The summed E-state index contributed by atoms with van der Waals surface area (Å²) in [6.45, 7) is 2.77. The molecular weight excluding hydrogens is 448 g/mol. The first-order valence-electron chi connectivity index (χ1n) is 11.2. The van der Waals surface area contributed by atoms with Gasteiger partial charge in [-0.2, -0.15) is 0 Å². The average molecular weight is 475 g/mol. The van der Waals surface area contributed by atoms with Crippen molar-refractivity contribution in [2.45, 2.75) is 19.8 Å². The maximum atomic E-state index is 12.6. The van der Waals surface area contributed by atoms with Crippen LogP contribution < -0.4 is 10.9 Å². The number of carbonyl (C=O) groups is 3. The van der Waals surface area contributed by atoms with Crippen molar-refractivity contribution in [2.75, 3.05) is 13.1 Å². The lowest BCUT2D eigenvalue weighted by Gasteiger charge is -2.30. The van der Waals surface area contributed by atoms with E-state index in [-0.39, 0.29) is 23.6 Å². The number of rotatable bonds is 5. The molecule has 1 aromatic heterocycles. The predicted molar refractivity (Wildman–Crippen MR) is 133 cm³/mol. The number of likely N-dealkylation sites (tertiary alicyclic amines) is 1. The van der Waals surface area contributed by atoms with Crippen molar-refractivity contribution in [1.82, 2.24) is 20.7 Å². The van der Waals surface area contributed by atoms with Crippen LogP contribution in [0.3, 0.4) is 0 Å². The largest absolute Gasteiger partial charge is 0.339 e. The number of aromatic nitrogens is 1. The maximum absolute atomic E-state index is 12.6. The molecule has 174 valence electrons. The van der Waals surface area contributed by atoms with Gasteiger partial charge >= 0.3 is 0 Å². The Labute approximate surface area is 202 Å². The molecular formula is C26H26N4O3S. The molecule has 1 aliphatic heterocycles. The van der Waals surface area contributed by atoms with E-state index in [0.29, 0.717) is 36.5 Å². The zero-order valence-electron chi connectivity index (χ0n) is 18.9. The smallest absolute Gasteiger partial charge is 0.281 e. The van der Waals surface area contributed by atoms with Crippen LogP contribution in [0, 0.1) is 12.8 Å². The van der Waals surface area contributed by atoms with E-state index in [1.165, 1.54) is 11.3 Å². The molecule has 2 N–H and O–H groups in total. The van der Waals surface area contributed by atoms with Crippen molar-refractivity contribution >= 4 is 35.1 Å². The van der Waals surface area contributed by atoms with Crippen molar-refractivity contribution in [2.24, 2.45) is 5.92 Å². The van der Waals surface area contributed by atoms with E-state index >= 15 is 0 Å². The first-order chi connectivity index (χ1) is 16.5. The van der Waals surface area contributed by atoms with Crippen molar-refractivity contribution in [3.63, 3.8) is 0 Å². The van der Waals surface area contributed by atoms with Gasteiger partial charge in [0.05, 0.1) is 5.69 Å². The van der Waals surface area contributed by atoms with Crippen LogP contribution in [0.15, 0.2) is 66.7 Å². The van der Waals surface area contributed by atoms with Crippen LogP contribution in [-0.2, 0) is 9.59 Å². The van der Waals surface area contributed by atoms with Crippen LogP contribution in [0.2, 0.25) is 0 Å².